The van der Waals surface area contributed by atoms with E-state index in [1.54, 1.807) is 0 Å². The van der Waals surface area contributed by atoms with Crippen molar-refractivity contribution in [1.82, 2.24) is 5.43 Å². The number of hydrazone groups is 1. The van der Waals surface area contributed by atoms with Crippen molar-refractivity contribution in [2.75, 3.05) is 10.6 Å². The number of hydrogen-bond acceptors (Lipinski definition) is 4. The van der Waals surface area contributed by atoms with Crippen LogP contribution in [0.25, 0.3) is 10.8 Å². The molecule has 0 radical (unpaired) electrons. The van der Waals surface area contributed by atoms with E-state index < -0.39 is 0 Å². The number of nitrogens with zero attached hydrogens (tertiary/aromatic N) is 2. The maximum atomic E-state index is 6.39. The quantitative estimate of drug-likeness (QED) is 0.328. The van der Waals surface area contributed by atoms with Gasteiger partial charge < -0.3 is 5.73 Å². The summed E-state index contributed by atoms with van der Waals surface area (Å²) in [7, 11) is 0. The van der Waals surface area contributed by atoms with Crippen LogP contribution in [0.3, 0.4) is 0 Å². The maximum Gasteiger partial charge on any atom is 0.166 e. The molecule has 0 unspecified atom stereocenters. The van der Waals surface area contributed by atoms with Gasteiger partial charge in [0.2, 0.25) is 0 Å². The zero-order chi connectivity index (χ0) is 21.8. The minimum Gasteiger partial charge on any atom is -0.398 e. The first-order valence-electron chi connectivity index (χ1n) is 11.3. The fourth-order valence-corrected chi connectivity index (χ4v) is 4.34. The van der Waals surface area contributed by atoms with E-state index in [1.165, 1.54) is 42.0 Å². The second-order valence-electron chi connectivity index (χ2n) is 8.36. The molecule has 0 atom stereocenters. The van der Waals surface area contributed by atoms with Gasteiger partial charge in [0.1, 0.15) is 5.82 Å². The van der Waals surface area contributed by atoms with Gasteiger partial charge in [-0.2, -0.15) is 5.10 Å². The van der Waals surface area contributed by atoms with Crippen LogP contribution in [-0.4, -0.2) is 5.84 Å². The molecule has 3 aromatic carbocycles. The van der Waals surface area contributed by atoms with Crippen LogP contribution in [0.4, 0.5) is 11.4 Å². The van der Waals surface area contributed by atoms with Gasteiger partial charge in [-0.15, -0.1) is 0 Å². The van der Waals surface area contributed by atoms with E-state index in [9.17, 15) is 0 Å². The molecular weight excluding hydrogens is 380 g/mol. The number of aryl methyl sites for hydroxylation is 2. The summed E-state index contributed by atoms with van der Waals surface area (Å²) in [5.41, 5.74) is 14.9. The Bertz CT molecular complexity index is 1120. The van der Waals surface area contributed by atoms with E-state index in [4.69, 9.17) is 5.73 Å². The number of unbranched alkanes of at least 4 members (excludes halogenated alkanes) is 4. The summed E-state index contributed by atoms with van der Waals surface area (Å²) < 4.78 is 0. The summed E-state index contributed by atoms with van der Waals surface area (Å²) >= 11 is 0. The van der Waals surface area contributed by atoms with E-state index in [0.717, 1.165) is 47.0 Å². The molecule has 0 saturated carbocycles. The highest BCUT2D eigenvalue weighted by Crippen LogP contribution is 2.33. The summed E-state index contributed by atoms with van der Waals surface area (Å²) in [5.74, 6) is 1.62. The molecule has 0 saturated heterocycles. The fraction of sp³-hybridized carbons (Fsp3) is 0.296. The predicted molar refractivity (Wildman–Crippen MR) is 133 cm³/mol. The van der Waals surface area contributed by atoms with Crippen molar-refractivity contribution in [2.24, 2.45) is 5.10 Å². The third-order valence-electron chi connectivity index (χ3n) is 6.06. The van der Waals surface area contributed by atoms with Gasteiger partial charge in [-0.3, -0.25) is 10.3 Å². The highest BCUT2D eigenvalue weighted by atomic mass is 15.5. The lowest BCUT2D eigenvalue weighted by Gasteiger charge is -2.24. The number of rotatable bonds is 8. The van der Waals surface area contributed by atoms with Gasteiger partial charge >= 0.3 is 0 Å². The Hall–Kier alpha value is -3.27. The van der Waals surface area contributed by atoms with Crippen molar-refractivity contribution >= 4 is 28.0 Å². The number of anilines is 2. The molecular formula is C27H32N4. The largest absolute Gasteiger partial charge is 0.398 e. The molecule has 0 aromatic heterocycles. The topological polar surface area (TPSA) is 53.6 Å². The lowest BCUT2D eigenvalue weighted by molar-refractivity contribution is 0.632. The first-order chi connectivity index (χ1) is 15.1. The zero-order valence-corrected chi connectivity index (χ0v) is 18.6. The summed E-state index contributed by atoms with van der Waals surface area (Å²) in [6, 6.07) is 19.1. The molecule has 1 heterocycles. The number of benzene rings is 3. The van der Waals surface area contributed by atoms with E-state index in [2.05, 4.69) is 90.5 Å². The van der Waals surface area contributed by atoms with Crippen molar-refractivity contribution in [3.63, 3.8) is 0 Å². The molecule has 3 N–H and O–H groups in total. The van der Waals surface area contributed by atoms with E-state index in [1.807, 2.05) is 0 Å². The third-order valence-corrected chi connectivity index (χ3v) is 6.06. The number of amidine groups is 1. The van der Waals surface area contributed by atoms with Crippen LogP contribution in [0.2, 0.25) is 0 Å². The molecule has 0 spiro atoms. The lowest BCUT2D eigenvalue weighted by Crippen LogP contribution is -2.28. The van der Waals surface area contributed by atoms with Crippen LogP contribution in [0, 0.1) is 6.92 Å². The molecule has 0 bridgehead atoms. The van der Waals surface area contributed by atoms with Gasteiger partial charge in [0, 0.05) is 16.6 Å². The molecule has 0 amide bonds. The van der Waals surface area contributed by atoms with Crippen LogP contribution < -0.4 is 16.1 Å². The van der Waals surface area contributed by atoms with Crippen LogP contribution in [0.5, 0.6) is 0 Å². The van der Waals surface area contributed by atoms with Crippen molar-refractivity contribution in [3.8, 4) is 0 Å². The summed E-state index contributed by atoms with van der Waals surface area (Å²) in [6.07, 6.45) is 7.27. The third kappa shape index (κ3) is 4.29. The summed E-state index contributed by atoms with van der Waals surface area (Å²) in [6.45, 7) is 8.56. The van der Waals surface area contributed by atoms with Crippen LogP contribution in [-0.2, 0) is 6.42 Å². The van der Waals surface area contributed by atoms with Crippen molar-refractivity contribution < 1.29 is 0 Å². The Morgan fingerprint density at radius 3 is 2.61 bits per heavy atom. The van der Waals surface area contributed by atoms with E-state index >= 15 is 0 Å². The van der Waals surface area contributed by atoms with E-state index in [-0.39, 0.29) is 0 Å². The fourth-order valence-electron chi connectivity index (χ4n) is 4.34. The molecule has 4 nitrogen and oxygen atoms in total. The van der Waals surface area contributed by atoms with Crippen molar-refractivity contribution in [1.29, 1.82) is 0 Å². The molecule has 3 aromatic rings. The monoisotopic (exact) mass is 412 g/mol. The number of fused-ring (bicyclic) bond motifs is 1. The standard InChI is InChI=1S/C27H32N4/c1-4-5-6-7-8-13-22-18-24(19(2)17-25(22)28)27-30-29-20(3)31(27)26-16-11-14-21-12-9-10-15-23(21)26/h9-12,14-18,29H,3-8,13,28H2,1-2H3. The highest BCUT2D eigenvalue weighted by molar-refractivity contribution is 6.17. The minimum atomic E-state index is 0.753. The first-order valence-corrected chi connectivity index (χ1v) is 11.3. The Kier molecular flexibility index (Phi) is 6.26. The molecule has 0 aliphatic carbocycles. The van der Waals surface area contributed by atoms with Gasteiger partial charge in [-0.1, -0.05) is 75.6 Å². The van der Waals surface area contributed by atoms with Gasteiger partial charge in [0.05, 0.1) is 5.69 Å². The Morgan fingerprint density at radius 2 is 1.77 bits per heavy atom. The minimum absolute atomic E-state index is 0.753. The second kappa shape index (κ2) is 9.25. The van der Waals surface area contributed by atoms with Gasteiger partial charge in [-0.25, -0.2) is 0 Å². The molecule has 0 fully saturated rings. The van der Waals surface area contributed by atoms with Gasteiger partial charge in [0.25, 0.3) is 0 Å². The zero-order valence-electron chi connectivity index (χ0n) is 18.6. The molecule has 31 heavy (non-hydrogen) atoms. The molecule has 160 valence electrons. The SMILES string of the molecule is C=C1NN=C(c2cc(CCCCCCC)c(N)cc2C)N1c1cccc2ccccc12. The van der Waals surface area contributed by atoms with E-state index in [0.29, 0.717) is 0 Å². The smallest absolute Gasteiger partial charge is 0.166 e. The van der Waals surface area contributed by atoms with Crippen LogP contribution in [0.1, 0.15) is 55.7 Å². The van der Waals surface area contributed by atoms with Crippen molar-refractivity contribution in [2.45, 2.75) is 52.4 Å². The molecule has 4 heteroatoms. The number of hydrogen-bond donors (Lipinski definition) is 2. The average molecular weight is 413 g/mol. The Labute approximate surface area is 185 Å². The highest BCUT2D eigenvalue weighted by Gasteiger charge is 2.27. The number of nitrogen functional groups attached to an aromatic ring is 1. The predicted octanol–water partition coefficient (Wildman–Crippen LogP) is 6.49. The number of nitrogens with one attached hydrogen (secondary N) is 1. The van der Waals surface area contributed by atoms with Gasteiger partial charge in [0.15, 0.2) is 5.84 Å². The normalized spacial score (nSPS) is 13.5. The second-order valence-corrected chi connectivity index (χ2v) is 8.36. The Balaban J connectivity index is 1.68. The van der Waals surface area contributed by atoms with Crippen LogP contribution in [0.15, 0.2) is 72.1 Å². The molecule has 4 rings (SSSR count). The van der Waals surface area contributed by atoms with Gasteiger partial charge in [-0.05, 0) is 54.5 Å². The first kappa shape index (κ1) is 21.0. The lowest BCUT2D eigenvalue weighted by atomic mass is 9.97. The maximum absolute atomic E-state index is 6.39. The summed E-state index contributed by atoms with van der Waals surface area (Å²) in [4.78, 5) is 2.12. The molecule has 1 aliphatic heterocycles. The molecule has 1 aliphatic rings. The number of nitrogens with two attached hydrogens (primary N) is 1. The Morgan fingerprint density at radius 1 is 1.00 bits per heavy atom. The summed E-state index contributed by atoms with van der Waals surface area (Å²) in [5, 5.41) is 7.02. The van der Waals surface area contributed by atoms with Crippen LogP contribution >= 0.6 is 0 Å². The van der Waals surface area contributed by atoms with Crippen molar-refractivity contribution in [3.05, 3.63) is 83.7 Å². The average Bonchev–Trinajstić information content (AvgIpc) is 3.15.